The predicted molar refractivity (Wildman–Crippen MR) is 133 cm³/mol. The summed E-state index contributed by atoms with van der Waals surface area (Å²) < 4.78 is 65.4. The molecule has 8 nitrogen and oxygen atoms in total. The van der Waals surface area contributed by atoms with Crippen molar-refractivity contribution in [1.29, 1.82) is 0 Å². The molecule has 2 fully saturated rings. The monoisotopic (exact) mass is 558 g/mol. The average molecular weight is 559 g/mol. The molecule has 2 amide bonds. The first-order valence-electron chi connectivity index (χ1n) is 12.2. The fraction of sp³-hybridized carbons (Fsp3) is 0.542. The summed E-state index contributed by atoms with van der Waals surface area (Å²) in [5, 5.41) is 4.95. The smallest absolute Gasteiger partial charge is 0.328 e. The molecule has 0 radical (unpaired) electrons. The van der Waals surface area contributed by atoms with Crippen LogP contribution in [-0.4, -0.2) is 60.1 Å². The fourth-order valence-electron chi connectivity index (χ4n) is 4.91. The Balaban J connectivity index is 1.44. The van der Waals surface area contributed by atoms with E-state index >= 15 is 0 Å². The molecule has 2 aromatic rings. The van der Waals surface area contributed by atoms with Gasteiger partial charge in [0.25, 0.3) is 0 Å². The summed E-state index contributed by atoms with van der Waals surface area (Å²) in [4.78, 5) is 31.9. The van der Waals surface area contributed by atoms with Gasteiger partial charge in [0.15, 0.2) is 5.13 Å². The summed E-state index contributed by atoms with van der Waals surface area (Å²) in [7, 11) is -3.96. The van der Waals surface area contributed by atoms with Crippen molar-refractivity contribution in [1.82, 2.24) is 14.2 Å². The Hall–Kier alpha value is -2.51. The van der Waals surface area contributed by atoms with E-state index in [1.807, 2.05) is 0 Å². The van der Waals surface area contributed by atoms with E-state index < -0.39 is 46.0 Å². The molecule has 13 heteroatoms. The van der Waals surface area contributed by atoms with Crippen LogP contribution in [0.15, 0.2) is 35.8 Å². The lowest BCUT2D eigenvalue weighted by Gasteiger charge is -2.39. The molecule has 0 bridgehead atoms. The lowest BCUT2D eigenvalue weighted by Crippen LogP contribution is -2.58. The maximum Gasteiger partial charge on any atom is 0.416 e. The van der Waals surface area contributed by atoms with Gasteiger partial charge in [0, 0.05) is 24.7 Å². The van der Waals surface area contributed by atoms with Gasteiger partial charge in [0.2, 0.25) is 21.8 Å². The Labute approximate surface area is 217 Å². The number of hydrogen-bond acceptors (Lipinski definition) is 6. The first-order valence-corrected chi connectivity index (χ1v) is 14.7. The normalized spacial score (nSPS) is 19.1. The Kier molecular flexibility index (Phi) is 8.54. The molecular weight excluding hydrogens is 529 g/mol. The van der Waals surface area contributed by atoms with Crippen molar-refractivity contribution in [2.24, 2.45) is 5.92 Å². The molecule has 1 atom stereocenters. The number of halogens is 3. The highest BCUT2D eigenvalue weighted by Gasteiger charge is 2.39. The van der Waals surface area contributed by atoms with Crippen LogP contribution in [0.1, 0.15) is 49.7 Å². The summed E-state index contributed by atoms with van der Waals surface area (Å²) >= 11 is 1.27. The van der Waals surface area contributed by atoms with Gasteiger partial charge < -0.3 is 10.2 Å². The number of sulfonamides is 1. The van der Waals surface area contributed by atoms with Crippen LogP contribution in [0.2, 0.25) is 0 Å². The summed E-state index contributed by atoms with van der Waals surface area (Å²) in [6.45, 7) is -0.372. The van der Waals surface area contributed by atoms with E-state index in [9.17, 15) is 31.2 Å². The van der Waals surface area contributed by atoms with Crippen LogP contribution < -0.4 is 5.32 Å². The molecule has 1 saturated carbocycles. The average Bonchev–Trinajstić information content (AvgIpc) is 3.36. The number of carbonyl (C=O) groups is 2. The third kappa shape index (κ3) is 7.08. The van der Waals surface area contributed by atoms with Crippen LogP contribution in [-0.2, 0) is 31.5 Å². The highest BCUT2D eigenvalue weighted by molar-refractivity contribution is 7.88. The number of anilines is 1. The molecule has 1 saturated heterocycles. The van der Waals surface area contributed by atoms with Crippen LogP contribution >= 0.6 is 11.3 Å². The molecule has 1 unspecified atom stereocenters. The minimum absolute atomic E-state index is 0.000403. The zero-order chi connectivity index (χ0) is 26.6. The van der Waals surface area contributed by atoms with Gasteiger partial charge in [-0.15, -0.1) is 11.3 Å². The van der Waals surface area contributed by atoms with Crippen molar-refractivity contribution >= 4 is 38.3 Å². The molecule has 1 aromatic carbocycles. The maximum absolute atomic E-state index is 13.2. The van der Waals surface area contributed by atoms with Gasteiger partial charge in [-0.25, -0.2) is 13.4 Å². The number of alkyl halides is 3. The number of carbonyl (C=O) groups excluding carboxylic acids is 2. The summed E-state index contributed by atoms with van der Waals surface area (Å²) in [6.07, 6.45) is 2.84. The summed E-state index contributed by atoms with van der Waals surface area (Å²) in [5.74, 6) is -1.03. The quantitative estimate of drug-likeness (QED) is 0.526. The summed E-state index contributed by atoms with van der Waals surface area (Å²) in [5.41, 5.74) is -0.668. The molecular formula is C24H29F3N4O4S2. The van der Waals surface area contributed by atoms with E-state index in [1.165, 1.54) is 16.2 Å². The van der Waals surface area contributed by atoms with Crippen molar-refractivity contribution in [2.45, 2.75) is 56.5 Å². The number of benzene rings is 1. The van der Waals surface area contributed by atoms with Gasteiger partial charge in [-0.05, 0) is 30.0 Å². The third-order valence-electron chi connectivity index (χ3n) is 6.87. The van der Waals surface area contributed by atoms with Crippen LogP contribution in [0, 0.1) is 5.92 Å². The van der Waals surface area contributed by atoms with Crippen molar-refractivity contribution in [3.05, 3.63) is 47.0 Å². The maximum atomic E-state index is 13.2. The Bertz CT molecular complexity index is 1180. The minimum atomic E-state index is -4.51. The molecule has 2 aliphatic rings. The third-order valence-corrected chi connectivity index (χ3v) is 9.35. The number of piperazine rings is 1. The molecule has 0 spiro atoms. The van der Waals surface area contributed by atoms with Crippen molar-refractivity contribution < 1.29 is 31.2 Å². The highest BCUT2D eigenvalue weighted by atomic mass is 32.2. The van der Waals surface area contributed by atoms with Gasteiger partial charge in [0.1, 0.15) is 6.04 Å². The van der Waals surface area contributed by atoms with Crippen molar-refractivity contribution in [2.75, 3.05) is 25.0 Å². The van der Waals surface area contributed by atoms with Crippen LogP contribution in [0.25, 0.3) is 0 Å². The predicted octanol–water partition coefficient (Wildman–Crippen LogP) is 4.11. The second-order valence-corrected chi connectivity index (χ2v) is 12.3. The first kappa shape index (κ1) is 27.5. The van der Waals surface area contributed by atoms with Gasteiger partial charge in [-0.1, -0.05) is 44.2 Å². The van der Waals surface area contributed by atoms with Gasteiger partial charge in [0.05, 0.1) is 17.9 Å². The SMILES string of the molecule is O=C(Nc1nccs1)C(CC1CCCCC1)N1CCN(S(=O)(=O)Cc2ccc(C(F)(F)F)cc2)CC1=O. The molecule has 1 N–H and O–H groups in total. The number of nitrogens with one attached hydrogen (secondary N) is 1. The Morgan fingerprint density at radius 3 is 2.43 bits per heavy atom. The van der Waals surface area contributed by atoms with Gasteiger partial charge in [-0.2, -0.15) is 17.5 Å². The Morgan fingerprint density at radius 1 is 1.14 bits per heavy atom. The van der Waals surface area contributed by atoms with E-state index in [4.69, 9.17) is 0 Å². The van der Waals surface area contributed by atoms with Crippen molar-refractivity contribution in [3.8, 4) is 0 Å². The van der Waals surface area contributed by atoms with Crippen LogP contribution in [0.3, 0.4) is 0 Å². The summed E-state index contributed by atoms with van der Waals surface area (Å²) in [6, 6.07) is 3.19. The van der Waals surface area contributed by atoms with E-state index in [2.05, 4.69) is 10.3 Å². The molecule has 202 valence electrons. The molecule has 1 aliphatic heterocycles. The second-order valence-electron chi connectivity index (χ2n) is 9.45. The number of aromatic nitrogens is 1. The lowest BCUT2D eigenvalue weighted by atomic mass is 9.84. The van der Waals surface area contributed by atoms with E-state index in [0.29, 0.717) is 17.5 Å². The molecule has 2 heterocycles. The van der Waals surface area contributed by atoms with Crippen molar-refractivity contribution in [3.63, 3.8) is 0 Å². The van der Waals surface area contributed by atoms with Gasteiger partial charge in [-0.3, -0.25) is 9.59 Å². The number of amides is 2. The number of rotatable bonds is 8. The largest absolute Gasteiger partial charge is 0.416 e. The molecule has 4 rings (SSSR count). The number of thiazole rings is 1. The highest BCUT2D eigenvalue weighted by Crippen LogP contribution is 2.31. The van der Waals surface area contributed by atoms with E-state index in [1.54, 1.807) is 11.6 Å². The zero-order valence-electron chi connectivity index (χ0n) is 20.1. The topological polar surface area (TPSA) is 99.7 Å². The molecule has 1 aliphatic carbocycles. The lowest BCUT2D eigenvalue weighted by molar-refractivity contribution is -0.142. The van der Waals surface area contributed by atoms with Crippen LogP contribution in [0.5, 0.6) is 0 Å². The second kappa shape index (κ2) is 11.5. The fourth-order valence-corrected chi connectivity index (χ4v) is 6.91. The molecule has 1 aromatic heterocycles. The molecule has 37 heavy (non-hydrogen) atoms. The number of nitrogens with zero attached hydrogens (tertiary/aromatic N) is 3. The van der Waals surface area contributed by atoms with E-state index in [0.717, 1.165) is 60.7 Å². The Morgan fingerprint density at radius 2 is 1.84 bits per heavy atom. The number of hydrogen-bond donors (Lipinski definition) is 1. The first-order chi connectivity index (χ1) is 17.5. The minimum Gasteiger partial charge on any atom is -0.328 e. The van der Waals surface area contributed by atoms with Gasteiger partial charge >= 0.3 is 6.18 Å². The van der Waals surface area contributed by atoms with Crippen LogP contribution in [0.4, 0.5) is 18.3 Å². The zero-order valence-corrected chi connectivity index (χ0v) is 21.7. The standard InChI is InChI=1S/C24H29F3N4O4S2/c25-24(26,27)19-8-6-18(7-9-19)16-37(34,35)30-11-12-31(21(32)15-30)20(14-17-4-2-1-3-5-17)22(33)29-23-28-10-13-36-23/h6-10,13,17,20H,1-5,11-12,14-16H2,(H,28,29,33). The van der Waals surface area contributed by atoms with E-state index in [-0.39, 0.29) is 24.6 Å².